The van der Waals surface area contributed by atoms with Crippen LogP contribution in [0, 0.1) is 27.7 Å². The third kappa shape index (κ3) is 23.8. The molecule has 8 N–H and O–H groups in total. The molecule has 0 amide bonds. The second-order valence-electron chi connectivity index (χ2n) is 33.2. The number of hydrogen-bond donors (Lipinski definition) is 8. The van der Waals surface area contributed by atoms with Crippen molar-refractivity contribution in [1.29, 1.82) is 0 Å². The Labute approximate surface area is 743 Å². The lowest BCUT2D eigenvalue weighted by molar-refractivity contribution is 0.243. The highest BCUT2D eigenvalue weighted by molar-refractivity contribution is 7.92. The summed E-state index contributed by atoms with van der Waals surface area (Å²) in [5.74, 6) is 6.22. The van der Waals surface area contributed by atoms with E-state index in [0.29, 0.717) is 88.6 Å². The molecule has 3 fully saturated rings. The number of hydrogen-bond acceptors (Lipinski definition) is 26. The zero-order valence-corrected chi connectivity index (χ0v) is 78.4. The van der Waals surface area contributed by atoms with Gasteiger partial charge in [0.05, 0.1) is 95.8 Å². The van der Waals surface area contributed by atoms with Crippen LogP contribution in [0.25, 0.3) is 11.1 Å². The van der Waals surface area contributed by atoms with Crippen LogP contribution in [-0.4, -0.2) is 159 Å². The molecule has 10 aromatic rings. The standard InChI is InChI=1S/C33H41N7O3S.2C30H40ClN5O3S/c1-7-43-29-18-23(4)26(25-12-13-34-31(19-25)40-16-14-39(6)15-17-40)20-28(29)37-33-35-21-24(5)32(38-33)36-27-10-8-9-11-30(27)44(41,42)22(2)3;2*1-18(2)39-27-16-23(21-11-13-22(32-6)14-12-21)20(5)15-26(27)35-30-33-17-24(31)29(36-30)34-25-9-7-8-10-28(25)40(37,38)19(3)4/h8-13,18-22H,7,14-17H2,1-6H3,(H2,35,36,37,38);2*7-10,15-19,21-22,32H,11-14H2,1-6H3,(H2,33,34,35,36). The highest BCUT2D eigenvalue weighted by Gasteiger charge is 2.31. The van der Waals surface area contributed by atoms with Gasteiger partial charge in [0.25, 0.3) is 0 Å². The fraction of sp³-hybridized carbons (Fsp3) is 0.430. The summed E-state index contributed by atoms with van der Waals surface area (Å²) in [4.78, 5) is 37.1. The number of pyridine rings is 1. The Kier molecular flexibility index (Phi) is 32.3. The van der Waals surface area contributed by atoms with Crippen LogP contribution in [0.15, 0.2) is 161 Å². The average Bonchev–Trinajstić information content (AvgIpc) is 0.807. The van der Waals surface area contributed by atoms with Gasteiger partial charge in [-0.25, -0.2) is 45.2 Å². The van der Waals surface area contributed by atoms with Gasteiger partial charge in [-0.3, -0.25) is 0 Å². The molecule has 3 aliphatic rings. The second-order valence-corrected chi connectivity index (χ2v) is 41.5. The molecule has 26 nitrogen and oxygen atoms in total. The maximum absolute atomic E-state index is 13.0. The summed E-state index contributed by atoms with van der Waals surface area (Å²) < 4.78 is 96.3. The molecule has 2 saturated carbocycles. The summed E-state index contributed by atoms with van der Waals surface area (Å²) in [6.45, 7) is 32.6. The van der Waals surface area contributed by atoms with Crippen molar-refractivity contribution in [3.8, 4) is 28.4 Å². The number of halogens is 2. The summed E-state index contributed by atoms with van der Waals surface area (Å²) in [5.41, 5.74) is 12.5. The smallest absolute Gasteiger partial charge is 0.229 e. The highest BCUT2D eigenvalue weighted by Crippen LogP contribution is 2.45. The fourth-order valence-electron chi connectivity index (χ4n) is 15.3. The normalized spacial score (nSPS) is 16.4. The molecule has 0 unspecified atom stereocenters. The molecule has 0 atom stereocenters. The van der Waals surface area contributed by atoms with E-state index in [2.05, 4.69) is 146 Å². The van der Waals surface area contributed by atoms with Gasteiger partial charge in [0.2, 0.25) is 17.8 Å². The van der Waals surface area contributed by atoms with Crippen LogP contribution in [-0.2, 0) is 29.5 Å². The van der Waals surface area contributed by atoms with Crippen molar-refractivity contribution in [1.82, 2.24) is 50.4 Å². The molecule has 5 heterocycles. The number of para-hydroxylation sites is 3. The van der Waals surface area contributed by atoms with E-state index in [0.717, 1.165) is 134 Å². The van der Waals surface area contributed by atoms with Gasteiger partial charge < -0.3 is 66.5 Å². The zero-order chi connectivity index (χ0) is 89.5. The maximum atomic E-state index is 13.0. The SMILES string of the molecule is CCOc1cc(C)c(-c2ccnc(N3CCN(C)CC3)c2)cc1Nc1ncc(C)c(Nc2ccccc2S(=O)(=O)C(C)C)n1.CNC1CCC(c2cc(OC(C)C)c(Nc3ncc(Cl)c(Nc4ccccc4S(=O)(=O)C(C)C)n3)cc2C)CC1.CNC1CCC(c2cc(OC(C)C)c(Nc3ncc(Cl)c(Nc4ccccc4S(=O)(=O)C(C)C)n3)cc2C)CC1. The summed E-state index contributed by atoms with van der Waals surface area (Å²) in [7, 11) is -4.33. The van der Waals surface area contributed by atoms with Crippen molar-refractivity contribution in [3.63, 3.8) is 0 Å². The van der Waals surface area contributed by atoms with E-state index in [-0.39, 0.29) is 36.9 Å². The van der Waals surface area contributed by atoms with E-state index in [9.17, 15) is 25.3 Å². The number of aromatic nitrogens is 7. The molecule has 0 spiro atoms. The van der Waals surface area contributed by atoms with Crippen molar-refractivity contribution >= 4 is 128 Å². The maximum Gasteiger partial charge on any atom is 0.229 e. The van der Waals surface area contributed by atoms with Crippen molar-refractivity contribution in [2.45, 2.75) is 222 Å². The van der Waals surface area contributed by atoms with Crippen molar-refractivity contribution < 1.29 is 39.5 Å². The average molecular weight is 1790 g/mol. The van der Waals surface area contributed by atoms with Crippen LogP contribution >= 0.6 is 23.2 Å². The Morgan fingerprint density at radius 1 is 0.427 bits per heavy atom. The first kappa shape index (κ1) is 94.7. The van der Waals surface area contributed by atoms with E-state index in [1.165, 1.54) is 34.6 Å². The number of benzene rings is 6. The molecular weight excluding hydrogens is 1670 g/mol. The number of likely N-dealkylation sites (N-methyl/N-ethyl adjacent to an activating group) is 1. The highest BCUT2D eigenvalue weighted by atomic mass is 35.5. The number of rotatable bonds is 30. The number of aryl methyl sites for hydroxylation is 4. The van der Waals surface area contributed by atoms with Crippen LogP contribution in [0.2, 0.25) is 10.0 Å². The van der Waals surface area contributed by atoms with E-state index >= 15 is 0 Å². The van der Waals surface area contributed by atoms with E-state index in [1.54, 1.807) is 121 Å². The predicted molar refractivity (Wildman–Crippen MR) is 504 cm³/mol. The number of nitrogens with zero attached hydrogens (tertiary/aromatic N) is 9. The minimum absolute atomic E-state index is 0.0149. The Balaban J connectivity index is 0.000000181. The Bertz CT molecular complexity index is 5490. The Hall–Kier alpha value is -9.98. The van der Waals surface area contributed by atoms with Gasteiger partial charge in [-0.2, -0.15) is 15.0 Å². The molecular formula is C93H121Cl2N17O9S3. The third-order valence-electron chi connectivity index (χ3n) is 22.5. The Morgan fingerprint density at radius 3 is 1.21 bits per heavy atom. The molecule has 124 heavy (non-hydrogen) atoms. The largest absolute Gasteiger partial charge is 0.492 e. The molecule has 31 heteroatoms. The minimum Gasteiger partial charge on any atom is -0.492 e. The molecule has 0 bridgehead atoms. The topological polar surface area (TPSA) is 323 Å². The van der Waals surface area contributed by atoms with E-state index in [4.69, 9.17) is 42.4 Å². The minimum atomic E-state index is -3.52. The van der Waals surface area contributed by atoms with Gasteiger partial charge in [-0.1, -0.05) is 59.6 Å². The molecule has 4 aromatic heterocycles. The van der Waals surface area contributed by atoms with Crippen molar-refractivity contribution in [2.75, 3.05) is 90.7 Å². The van der Waals surface area contributed by atoms with Gasteiger partial charge in [-0.05, 0) is 312 Å². The number of anilines is 13. The van der Waals surface area contributed by atoms with Crippen LogP contribution in [0.3, 0.4) is 0 Å². The Morgan fingerprint density at radius 2 is 0.815 bits per heavy atom. The lowest BCUT2D eigenvalue weighted by Gasteiger charge is -2.33. The van der Waals surface area contributed by atoms with Crippen LogP contribution in [0.4, 0.5) is 75.2 Å². The third-order valence-corrected chi connectivity index (χ3v) is 29.7. The summed E-state index contributed by atoms with van der Waals surface area (Å²) in [6.07, 6.45) is 15.7. The second kappa shape index (κ2) is 42.3. The number of sulfone groups is 3. The molecule has 664 valence electrons. The van der Waals surface area contributed by atoms with Crippen molar-refractivity contribution in [3.05, 3.63) is 190 Å². The lowest BCUT2D eigenvalue weighted by Crippen LogP contribution is -2.44. The quantitative estimate of drug-likeness (QED) is 0.0207. The molecule has 1 aliphatic heterocycles. The molecule has 13 rings (SSSR count). The summed E-state index contributed by atoms with van der Waals surface area (Å²) in [5, 5.41) is 25.1. The van der Waals surface area contributed by atoms with E-state index < -0.39 is 45.3 Å². The van der Waals surface area contributed by atoms with Crippen LogP contribution in [0.5, 0.6) is 17.2 Å². The molecule has 6 aromatic carbocycles. The first-order chi connectivity index (χ1) is 59.0. The monoisotopic (exact) mass is 1790 g/mol. The van der Waals surface area contributed by atoms with Gasteiger partial charge in [0.1, 0.15) is 38.9 Å². The van der Waals surface area contributed by atoms with E-state index in [1.807, 2.05) is 74.0 Å². The fourth-order valence-corrected chi connectivity index (χ4v) is 19.2. The summed E-state index contributed by atoms with van der Waals surface area (Å²) in [6, 6.07) is 38.3. The number of piperazine rings is 1. The van der Waals surface area contributed by atoms with Crippen LogP contribution < -0.4 is 61.6 Å². The number of nitrogens with one attached hydrogen (secondary N) is 8. The first-order valence-electron chi connectivity index (χ1n) is 42.7. The summed E-state index contributed by atoms with van der Waals surface area (Å²) >= 11 is 12.9. The first-order valence-corrected chi connectivity index (χ1v) is 48.1. The van der Waals surface area contributed by atoms with Crippen molar-refractivity contribution in [2.24, 2.45) is 0 Å². The van der Waals surface area contributed by atoms with Gasteiger partial charge in [0, 0.05) is 56.2 Å². The van der Waals surface area contributed by atoms with Gasteiger partial charge in [0.15, 0.2) is 41.1 Å². The predicted octanol–water partition coefficient (Wildman–Crippen LogP) is 20.3. The molecule has 2 aliphatic carbocycles. The van der Waals surface area contributed by atoms with Gasteiger partial charge >= 0.3 is 0 Å². The molecule has 0 radical (unpaired) electrons. The zero-order valence-electron chi connectivity index (χ0n) is 74.4. The van der Waals surface area contributed by atoms with Crippen LogP contribution in [0.1, 0.15) is 173 Å². The molecule has 1 saturated heterocycles. The van der Waals surface area contributed by atoms with Gasteiger partial charge in [-0.15, -0.1) is 0 Å². The lowest BCUT2D eigenvalue weighted by atomic mass is 9.80. The number of ether oxygens (including phenoxy) is 3.